The first-order valence-electron chi connectivity index (χ1n) is 14.6. The van der Waals surface area contributed by atoms with Gasteiger partial charge in [0, 0.05) is 23.8 Å². The van der Waals surface area contributed by atoms with Gasteiger partial charge in [-0.3, -0.25) is 14.4 Å². The van der Waals surface area contributed by atoms with E-state index in [0.717, 1.165) is 35.9 Å². The summed E-state index contributed by atoms with van der Waals surface area (Å²) in [4.78, 5) is 52.6. The molecule has 13 heteroatoms. The molecule has 0 aromatic rings. The highest BCUT2D eigenvalue weighted by Gasteiger charge is 2.41. The summed E-state index contributed by atoms with van der Waals surface area (Å²) in [6, 6.07) is 0. The molecule has 1 saturated heterocycles. The zero-order valence-corrected chi connectivity index (χ0v) is 26.4. The number of esters is 1. The van der Waals surface area contributed by atoms with Crippen LogP contribution in [0.25, 0.3) is 10.6 Å². The van der Waals surface area contributed by atoms with Crippen molar-refractivity contribution in [1.82, 2.24) is 4.98 Å². The summed E-state index contributed by atoms with van der Waals surface area (Å²) in [7, 11) is 2.94. The van der Waals surface area contributed by atoms with Crippen LogP contribution in [-0.4, -0.2) is 75.6 Å². The van der Waals surface area contributed by atoms with Crippen molar-refractivity contribution in [1.29, 1.82) is 0 Å². The fraction of sp³-hybridized carbons (Fsp3) is 0.600. The van der Waals surface area contributed by atoms with E-state index in [1.54, 1.807) is 13.0 Å². The molecule has 0 spiro atoms. The highest BCUT2D eigenvalue weighted by molar-refractivity contribution is 7.70. The number of rotatable bonds is 16. The molecular formula is C30H42N2O9S2. The molecule has 3 aliphatic heterocycles. The summed E-state index contributed by atoms with van der Waals surface area (Å²) in [5.41, 5.74) is 0.965. The molecular weight excluding hydrogens is 596 g/mol. The summed E-state index contributed by atoms with van der Waals surface area (Å²) in [5, 5.41) is 35.2. The maximum atomic E-state index is 12.7. The SMILES string of the molecule is C/C(=C\C(=O)OCCCCCCCC(=O)Nc1c2sscc-2[nH]c1=O)[C@@H](O)[C@@H]1OC[C@@H](C/C=C/[C@@H](C)[C@H](C)O)[C@H](O)C1=O. The second-order valence-corrected chi connectivity index (χ2v) is 13.1. The van der Waals surface area contributed by atoms with Gasteiger partial charge in [-0.2, -0.15) is 0 Å². The number of aromatic amines is 1. The van der Waals surface area contributed by atoms with Gasteiger partial charge in [-0.05, 0) is 44.6 Å². The van der Waals surface area contributed by atoms with E-state index in [0.29, 0.717) is 31.4 Å². The molecule has 3 heterocycles. The second-order valence-electron chi connectivity index (χ2n) is 11.1. The molecule has 0 radical (unpaired) electrons. The molecule has 0 aliphatic carbocycles. The molecule has 43 heavy (non-hydrogen) atoms. The quantitative estimate of drug-likeness (QED) is 0.0604. The molecule has 3 aliphatic rings. The highest BCUT2D eigenvalue weighted by Crippen LogP contribution is 2.35. The van der Waals surface area contributed by atoms with Gasteiger partial charge >= 0.3 is 5.97 Å². The van der Waals surface area contributed by atoms with Crippen molar-refractivity contribution in [3.63, 3.8) is 0 Å². The molecule has 0 aromatic heterocycles. The average Bonchev–Trinajstić information content (AvgIpc) is 3.53. The number of aliphatic hydroxyl groups is 3. The van der Waals surface area contributed by atoms with Gasteiger partial charge < -0.3 is 35.1 Å². The minimum atomic E-state index is -1.40. The Morgan fingerprint density at radius 3 is 2.65 bits per heavy atom. The van der Waals surface area contributed by atoms with E-state index in [2.05, 4.69) is 10.3 Å². The van der Waals surface area contributed by atoms with Crippen LogP contribution in [0.1, 0.15) is 65.7 Å². The van der Waals surface area contributed by atoms with Crippen LogP contribution in [0.3, 0.4) is 0 Å². The number of ketones is 1. The van der Waals surface area contributed by atoms with Crippen LogP contribution in [0.2, 0.25) is 0 Å². The van der Waals surface area contributed by atoms with Crippen molar-refractivity contribution in [2.45, 2.75) is 90.1 Å². The number of hydrogen-bond acceptors (Lipinski definition) is 11. The van der Waals surface area contributed by atoms with Crippen molar-refractivity contribution in [3.8, 4) is 10.6 Å². The predicted molar refractivity (Wildman–Crippen MR) is 165 cm³/mol. The summed E-state index contributed by atoms with van der Waals surface area (Å²) in [6.45, 7) is 5.30. The van der Waals surface area contributed by atoms with Crippen LogP contribution in [0.15, 0.2) is 34.0 Å². The number of carbonyl (C=O) groups excluding carboxylic acids is 3. The van der Waals surface area contributed by atoms with Crippen LogP contribution >= 0.6 is 20.7 Å². The molecule has 5 N–H and O–H groups in total. The van der Waals surface area contributed by atoms with Crippen LogP contribution < -0.4 is 10.9 Å². The third kappa shape index (κ3) is 10.2. The van der Waals surface area contributed by atoms with Gasteiger partial charge in [-0.15, -0.1) is 0 Å². The number of ether oxygens (including phenoxy) is 2. The molecule has 11 nitrogen and oxygen atoms in total. The molecule has 1 fully saturated rings. The first-order chi connectivity index (χ1) is 20.5. The number of carbonyl (C=O) groups is 3. The number of fused-ring (bicyclic) bond motifs is 1. The van der Waals surface area contributed by atoms with E-state index in [9.17, 15) is 34.5 Å². The zero-order chi connectivity index (χ0) is 31.5. The lowest BCUT2D eigenvalue weighted by molar-refractivity contribution is -0.163. The molecule has 238 valence electrons. The van der Waals surface area contributed by atoms with Gasteiger partial charge in [-0.1, -0.05) is 59.0 Å². The van der Waals surface area contributed by atoms with E-state index in [1.165, 1.54) is 27.6 Å². The van der Waals surface area contributed by atoms with Crippen molar-refractivity contribution in [2.24, 2.45) is 11.8 Å². The van der Waals surface area contributed by atoms with Crippen molar-refractivity contribution >= 4 is 44.0 Å². The summed E-state index contributed by atoms with van der Waals surface area (Å²) < 4.78 is 10.8. The third-order valence-corrected chi connectivity index (χ3v) is 9.64. The second kappa shape index (κ2) is 17.0. The number of aromatic nitrogens is 1. The number of Topliss-reactive ketones (excluding diaryl/α,β-unsaturated/α-hetero) is 1. The third-order valence-electron chi connectivity index (χ3n) is 7.55. The highest BCUT2D eigenvalue weighted by atomic mass is 32.9. The Morgan fingerprint density at radius 2 is 1.91 bits per heavy atom. The monoisotopic (exact) mass is 638 g/mol. The van der Waals surface area contributed by atoms with Crippen LogP contribution in [-0.2, 0) is 23.9 Å². The van der Waals surface area contributed by atoms with E-state index in [1.807, 2.05) is 18.4 Å². The first-order valence-corrected chi connectivity index (χ1v) is 16.8. The molecule has 0 unspecified atom stereocenters. The minimum absolute atomic E-state index is 0.0611. The van der Waals surface area contributed by atoms with E-state index in [-0.39, 0.29) is 36.2 Å². The summed E-state index contributed by atoms with van der Waals surface area (Å²) in [5.74, 6) is -2.00. The molecule has 1 amide bonds. The van der Waals surface area contributed by atoms with Crippen LogP contribution in [0.5, 0.6) is 0 Å². The molecule has 0 saturated carbocycles. The lowest BCUT2D eigenvalue weighted by Gasteiger charge is -2.34. The Bertz CT molecular complexity index is 1290. The number of aliphatic hydroxyl groups excluding tert-OH is 3. The molecule has 0 aromatic carbocycles. The number of H-pyrrole nitrogens is 1. The van der Waals surface area contributed by atoms with E-state index in [4.69, 9.17) is 9.47 Å². The number of anilines is 1. The fourth-order valence-electron chi connectivity index (χ4n) is 4.60. The first kappa shape index (κ1) is 34.8. The normalized spacial score (nSPS) is 21.7. The Morgan fingerprint density at radius 1 is 1.19 bits per heavy atom. The Kier molecular flexibility index (Phi) is 13.7. The fourth-order valence-corrected chi connectivity index (χ4v) is 6.76. The van der Waals surface area contributed by atoms with Gasteiger partial charge in [0.1, 0.15) is 24.0 Å². The molecule has 0 bridgehead atoms. The Balaban J connectivity index is 1.29. The van der Waals surface area contributed by atoms with Gasteiger partial charge in [0.05, 0.1) is 29.9 Å². The van der Waals surface area contributed by atoms with Crippen molar-refractivity contribution < 1.29 is 39.2 Å². The number of allylic oxidation sites excluding steroid dienone is 1. The predicted octanol–water partition coefficient (Wildman–Crippen LogP) is 3.64. The average molecular weight is 639 g/mol. The summed E-state index contributed by atoms with van der Waals surface area (Å²) in [6.07, 6.45) is 4.75. The van der Waals surface area contributed by atoms with Crippen molar-refractivity contribution in [2.75, 3.05) is 18.5 Å². The number of nitrogens with one attached hydrogen (secondary N) is 2. The molecule has 6 atom stereocenters. The smallest absolute Gasteiger partial charge is 0.330 e. The largest absolute Gasteiger partial charge is 0.463 e. The maximum absolute atomic E-state index is 12.7. The standard InChI is InChI=1S/C30H42N2O9S2/c1-17(19(3)33)10-9-11-20-15-41-28(27(38)26(20)37)25(36)18(2)14-23(35)40-13-8-6-4-5-7-12-22(34)32-24-29-21(16-42-43-29)31-30(24)39/h9-10,14,16-17,19-20,25-26,28,33,36-37H,4-8,11-13,15H2,1-3H3,(H,31,39)(H,32,34)/b10-9+,18-14+/t17-,19+,20-,25-,26+,28+/m1/s1. The Hall–Kier alpha value is -2.68. The minimum Gasteiger partial charge on any atom is -0.463 e. The summed E-state index contributed by atoms with van der Waals surface area (Å²) >= 11 is 0. The van der Waals surface area contributed by atoms with Crippen LogP contribution in [0, 0.1) is 11.8 Å². The van der Waals surface area contributed by atoms with Crippen LogP contribution in [0.4, 0.5) is 5.69 Å². The number of amides is 1. The topological polar surface area (TPSA) is 175 Å². The van der Waals surface area contributed by atoms with E-state index >= 15 is 0 Å². The number of hydrogen-bond donors (Lipinski definition) is 5. The van der Waals surface area contributed by atoms with Gasteiger partial charge in [0.25, 0.3) is 5.56 Å². The van der Waals surface area contributed by atoms with Gasteiger partial charge in [0.2, 0.25) is 5.91 Å². The van der Waals surface area contributed by atoms with Gasteiger partial charge in [-0.25, -0.2) is 4.79 Å². The lowest BCUT2D eigenvalue weighted by atomic mass is 9.87. The van der Waals surface area contributed by atoms with E-state index < -0.39 is 42.1 Å². The maximum Gasteiger partial charge on any atom is 0.330 e. The number of unbranched alkanes of at least 4 members (excludes halogenated alkanes) is 4. The molecule has 3 rings (SSSR count). The van der Waals surface area contributed by atoms with Gasteiger partial charge in [0.15, 0.2) is 5.78 Å². The Labute approximate surface area is 258 Å². The van der Waals surface area contributed by atoms with Crippen molar-refractivity contribution in [3.05, 3.63) is 39.5 Å². The zero-order valence-electron chi connectivity index (χ0n) is 24.7. The lowest BCUT2D eigenvalue weighted by Crippen LogP contribution is -2.51.